The molecule has 3 nitrogen and oxygen atoms in total. The van der Waals surface area contributed by atoms with Gasteiger partial charge in [0.1, 0.15) is 6.29 Å². The van der Waals surface area contributed by atoms with Gasteiger partial charge in [-0.2, -0.15) is 0 Å². The Bertz CT molecular complexity index is 424. The summed E-state index contributed by atoms with van der Waals surface area (Å²) in [5.74, 6) is -0.971. The molecule has 16 heavy (non-hydrogen) atoms. The van der Waals surface area contributed by atoms with Crippen molar-refractivity contribution < 1.29 is 14.7 Å². The zero-order valence-corrected chi connectivity index (χ0v) is 10.1. The summed E-state index contributed by atoms with van der Waals surface area (Å²) in [6, 6.07) is 5.54. The van der Waals surface area contributed by atoms with Crippen LogP contribution in [0.15, 0.2) is 28.7 Å². The predicted molar refractivity (Wildman–Crippen MR) is 65.2 cm³/mol. The number of benzene rings is 1. The summed E-state index contributed by atoms with van der Waals surface area (Å²) in [6.45, 7) is 0. The fraction of sp³-hybridized carbons (Fsp3) is 0.167. The van der Waals surface area contributed by atoms with Crippen molar-refractivity contribution >= 4 is 34.3 Å². The number of aryl methyl sites for hydroxylation is 1. The molecule has 0 spiro atoms. The highest BCUT2D eigenvalue weighted by atomic mass is 79.9. The number of carbonyl (C=O) groups excluding carboxylic acids is 1. The Balaban J connectivity index is 2.82. The van der Waals surface area contributed by atoms with Crippen LogP contribution in [0.5, 0.6) is 0 Å². The monoisotopic (exact) mass is 282 g/mol. The maximum atomic E-state index is 10.3. The minimum absolute atomic E-state index is 0.489. The van der Waals surface area contributed by atoms with Crippen LogP contribution in [0.25, 0.3) is 6.08 Å². The normalized spacial score (nSPS) is 10.6. The fourth-order valence-electron chi connectivity index (χ4n) is 1.25. The van der Waals surface area contributed by atoms with Crippen LogP contribution >= 0.6 is 15.9 Å². The van der Waals surface area contributed by atoms with Gasteiger partial charge in [0.15, 0.2) is 0 Å². The van der Waals surface area contributed by atoms with Gasteiger partial charge in [0.25, 0.3) is 0 Å². The Labute approximate surface area is 102 Å². The molecule has 0 aliphatic rings. The molecular formula is C12H11BrO3. The third-order valence-corrected chi connectivity index (χ3v) is 2.77. The first kappa shape index (κ1) is 12.6. The lowest BCUT2D eigenvalue weighted by atomic mass is 10.1. The van der Waals surface area contributed by atoms with Crippen LogP contribution in [0.3, 0.4) is 0 Å². The molecule has 0 bridgehead atoms. The zero-order valence-electron chi connectivity index (χ0n) is 8.52. The van der Waals surface area contributed by atoms with Gasteiger partial charge in [0.2, 0.25) is 0 Å². The van der Waals surface area contributed by atoms with Gasteiger partial charge in [-0.1, -0.05) is 28.1 Å². The van der Waals surface area contributed by atoms with Gasteiger partial charge >= 0.3 is 5.97 Å². The lowest BCUT2D eigenvalue weighted by Gasteiger charge is -2.03. The van der Waals surface area contributed by atoms with Crippen LogP contribution in [0.2, 0.25) is 0 Å². The summed E-state index contributed by atoms with van der Waals surface area (Å²) >= 11 is 3.39. The maximum Gasteiger partial charge on any atom is 0.328 e. The van der Waals surface area contributed by atoms with E-state index >= 15 is 0 Å². The molecule has 1 aromatic rings. The van der Waals surface area contributed by atoms with Crippen molar-refractivity contribution in [1.29, 1.82) is 0 Å². The molecule has 0 saturated carbocycles. The van der Waals surface area contributed by atoms with Gasteiger partial charge in [-0.15, -0.1) is 0 Å². The van der Waals surface area contributed by atoms with Crippen molar-refractivity contribution in [3.63, 3.8) is 0 Å². The molecule has 0 aliphatic carbocycles. The Morgan fingerprint density at radius 3 is 2.75 bits per heavy atom. The summed E-state index contributed by atoms with van der Waals surface area (Å²) in [6.07, 6.45) is 4.67. The number of rotatable bonds is 5. The second-order valence-electron chi connectivity index (χ2n) is 3.23. The molecule has 1 aromatic carbocycles. The minimum atomic E-state index is -0.971. The topological polar surface area (TPSA) is 54.4 Å². The second kappa shape index (κ2) is 6.23. The van der Waals surface area contributed by atoms with E-state index in [4.69, 9.17) is 5.11 Å². The molecule has 0 saturated heterocycles. The van der Waals surface area contributed by atoms with Crippen molar-refractivity contribution in [3.8, 4) is 0 Å². The predicted octanol–water partition coefficient (Wildman–Crippen LogP) is 2.68. The van der Waals surface area contributed by atoms with Gasteiger partial charge in [-0.05, 0) is 29.7 Å². The summed E-state index contributed by atoms with van der Waals surface area (Å²) in [4.78, 5) is 20.6. The van der Waals surface area contributed by atoms with Crippen LogP contribution < -0.4 is 0 Å². The highest BCUT2D eigenvalue weighted by molar-refractivity contribution is 9.10. The molecule has 0 atom stereocenters. The lowest BCUT2D eigenvalue weighted by Crippen LogP contribution is -1.89. The minimum Gasteiger partial charge on any atom is -0.478 e. The van der Waals surface area contributed by atoms with Gasteiger partial charge in [-0.25, -0.2) is 4.79 Å². The summed E-state index contributed by atoms with van der Waals surface area (Å²) < 4.78 is 0.891. The lowest BCUT2D eigenvalue weighted by molar-refractivity contribution is -0.131. The highest BCUT2D eigenvalue weighted by Crippen LogP contribution is 2.20. The number of carboxylic acid groups (broad SMARTS) is 1. The van der Waals surface area contributed by atoms with E-state index in [0.29, 0.717) is 12.8 Å². The summed E-state index contributed by atoms with van der Waals surface area (Å²) in [5, 5.41) is 8.48. The molecule has 0 amide bonds. The zero-order chi connectivity index (χ0) is 12.0. The average Bonchev–Trinajstić information content (AvgIpc) is 2.25. The van der Waals surface area contributed by atoms with E-state index in [1.54, 1.807) is 0 Å². The highest BCUT2D eigenvalue weighted by Gasteiger charge is 2.00. The number of carboxylic acids is 1. The Hall–Kier alpha value is -1.42. The van der Waals surface area contributed by atoms with Gasteiger partial charge in [0, 0.05) is 17.0 Å². The van der Waals surface area contributed by atoms with E-state index in [2.05, 4.69) is 15.9 Å². The molecule has 84 valence electrons. The first-order valence-corrected chi connectivity index (χ1v) is 5.56. The van der Waals surface area contributed by atoms with Crippen LogP contribution in [0.1, 0.15) is 17.5 Å². The third-order valence-electron chi connectivity index (χ3n) is 2.03. The average molecular weight is 283 g/mol. The second-order valence-corrected chi connectivity index (χ2v) is 4.08. The number of carbonyl (C=O) groups is 2. The molecule has 0 aromatic heterocycles. The Morgan fingerprint density at radius 2 is 2.19 bits per heavy atom. The van der Waals surface area contributed by atoms with E-state index < -0.39 is 5.97 Å². The van der Waals surface area contributed by atoms with Crippen molar-refractivity contribution in [3.05, 3.63) is 39.9 Å². The van der Waals surface area contributed by atoms with Crippen molar-refractivity contribution in [1.82, 2.24) is 0 Å². The van der Waals surface area contributed by atoms with E-state index in [1.165, 1.54) is 6.08 Å². The van der Waals surface area contributed by atoms with Crippen LogP contribution in [0.4, 0.5) is 0 Å². The van der Waals surface area contributed by atoms with Crippen LogP contribution in [-0.2, 0) is 16.0 Å². The molecular weight excluding hydrogens is 272 g/mol. The van der Waals surface area contributed by atoms with Crippen molar-refractivity contribution in [2.45, 2.75) is 12.8 Å². The Morgan fingerprint density at radius 1 is 1.44 bits per heavy atom. The van der Waals surface area contributed by atoms with Gasteiger partial charge < -0.3 is 9.90 Å². The summed E-state index contributed by atoms with van der Waals surface area (Å²) in [7, 11) is 0. The van der Waals surface area contributed by atoms with E-state index in [-0.39, 0.29) is 0 Å². The number of aldehydes is 1. The van der Waals surface area contributed by atoms with Crippen molar-refractivity contribution in [2.24, 2.45) is 0 Å². The molecule has 0 heterocycles. The smallest absolute Gasteiger partial charge is 0.328 e. The fourth-order valence-corrected chi connectivity index (χ4v) is 1.85. The van der Waals surface area contributed by atoms with Gasteiger partial charge in [-0.3, -0.25) is 0 Å². The summed E-state index contributed by atoms with van der Waals surface area (Å²) in [5.41, 5.74) is 1.85. The number of halogens is 1. The number of aliphatic carboxylic acids is 1. The van der Waals surface area contributed by atoms with Crippen molar-refractivity contribution in [2.75, 3.05) is 0 Å². The molecule has 0 radical (unpaired) electrons. The standard InChI is InChI=1S/C12H11BrO3/c13-11-8-9(4-6-12(15)16)3-5-10(11)2-1-7-14/h3-8H,1-2H2,(H,15,16)/b6-4+. The third kappa shape index (κ3) is 3.98. The number of hydrogen-bond acceptors (Lipinski definition) is 2. The molecule has 0 fully saturated rings. The molecule has 4 heteroatoms. The van der Waals surface area contributed by atoms with Crippen LogP contribution in [0, 0.1) is 0 Å². The Kier molecular flexibility index (Phi) is 4.92. The quantitative estimate of drug-likeness (QED) is 0.667. The molecule has 1 N–H and O–H groups in total. The van der Waals surface area contributed by atoms with Gasteiger partial charge in [0.05, 0.1) is 0 Å². The van der Waals surface area contributed by atoms with Crippen LogP contribution in [-0.4, -0.2) is 17.4 Å². The van der Waals surface area contributed by atoms with E-state index in [1.807, 2.05) is 18.2 Å². The maximum absolute atomic E-state index is 10.3. The first-order valence-electron chi connectivity index (χ1n) is 4.76. The molecule has 0 unspecified atom stereocenters. The first-order chi connectivity index (χ1) is 7.63. The molecule has 1 rings (SSSR count). The number of hydrogen-bond donors (Lipinski definition) is 1. The van der Waals surface area contributed by atoms with E-state index in [0.717, 1.165) is 28.0 Å². The SMILES string of the molecule is O=CCCc1ccc(/C=C/C(=O)O)cc1Br. The van der Waals surface area contributed by atoms with E-state index in [9.17, 15) is 9.59 Å². The molecule has 0 aliphatic heterocycles. The largest absolute Gasteiger partial charge is 0.478 e.